The van der Waals surface area contributed by atoms with Crippen LogP contribution in [0.4, 0.5) is 0 Å². The van der Waals surface area contributed by atoms with Crippen molar-refractivity contribution in [2.75, 3.05) is 19.6 Å². The highest BCUT2D eigenvalue weighted by atomic mass is 35.5. The lowest BCUT2D eigenvalue weighted by Gasteiger charge is -2.32. The van der Waals surface area contributed by atoms with E-state index in [-0.39, 0.29) is 30.7 Å². The van der Waals surface area contributed by atoms with E-state index in [9.17, 15) is 4.79 Å². The van der Waals surface area contributed by atoms with Crippen LogP contribution in [-0.2, 0) is 0 Å². The Labute approximate surface area is 155 Å². The third-order valence-corrected chi connectivity index (χ3v) is 4.20. The van der Waals surface area contributed by atoms with Gasteiger partial charge in [-0.1, -0.05) is 6.07 Å². The van der Waals surface area contributed by atoms with E-state index in [1.54, 1.807) is 6.20 Å². The normalized spacial score (nSPS) is 17.0. The summed E-state index contributed by atoms with van der Waals surface area (Å²) in [5.41, 5.74) is 2.76. The number of pyridine rings is 1. The lowest BCUT2D eigenvalue weighted by Crippen LogP contribution is -2.51. The molecule has 1 saturated heterocycles. The van der Waals surface area contributed by atoms with Crippen molar-refractivity contribution in [1.29, 1.82) is 0 Å². The fourth-order valence-electron chi connectivity index (χ4n) is 3.11. The molecule has 0 spiro atoms. The number of carbonyl (C=O) groups excluding carboxylic acids is 1. The molecule has 0 saturated carbocycles. The van der Waals surface area contributed by atoms with Gasteiger partial charge in [0.25, 0.3) is 5.91 Å². The molecule has 3 rings (SSSR count). The van der Waals surface area contributed by atoms with E-state index in [0.29, 0.717) is 6.04 Å². The third-order valence-electron chi connectivity index (χ3n) is 4.20. The number of nitrogens with zero attached hydrogens (tertiary/aromatic N) is 3. The van der Waals surface area contributed by atoms with Crippen molar-refractivity contribution in [2.45, 2.75) is 26.8 Å². The summed E-state index contributed by atoms with van der Waals surface area (Å²) in [5, 5.41) is 3.37. The maximum atomic E-state index is 12.8. The Hall–Kier alpha value is -1.56. The van der Waals surface area contributed by atoms with E-state index in [0.717, 1.165) is 42.4 Å². The molecule has 1 amide bonds. The van der Waals surface area contributed by atoms with Gasteiger partial charge in [0.2, 0.25) is 0 Å². The van der Waals surface area contributed by atoms with E-state index >= 15 is 0 Å². The number of carbonyl (C=O) groups is 1. The predicted octanol–water partition coefficient (Wildman–Crippen LogP) is 2.77. The first-order valence-corrected chi connectivity index (χ1v) is 7.71. The van der Waals surface area contributed by atoms with Crippen molar-refractivity contribution in [3.8, 4) is 5.82 Å². The molecular formula is C17H24Cl2N4O. The van der Waals surface area contributed by atoms with Crippen molar-refractivity contribution >= 4 is 30.7 Å². The molecule has 24 heavy (non-hydrogen) atoms. The van der Waals surface area contributed by atoms with E-state index < -0.39 is 0 Å². The summed E-state index contributed by atoms with van der Waals surface area (Å²) in [6, 6.07) is 8.13. The Kier molecular flexibility index (Phi) is 7.27. The molecule has 0 aromatic carbocycles. The number of aryl methyl sites for hydroxylation is 1. The fourth-order valence-corrected chi connectivity index (χ4v) is 3.11. The first-order valence-electron chi connectivity index (χ1n) is 7.71. The van der Waals surface area contributed by atoms with E-state index in [1.165, 1.54) is 0 Å². The second-order valence-electron chi connectivity index (χ2n) is 5.91. The Bertz CT molecular complexity index is 687. The quantitative estimate of drug-likeness (QED) is 0.883. The summed E-state index contributed by atoms with van der Waals surface area (Å²) in [4.78, 5) is 19.2. The topological polar surface area (TPSA) is 50.2 Å². The molecule has 1 aliphatic heterocycles. The Morgan fingerprint density at radius 1 is 1.29 bits per heavy atom. The van der Waals surface area contributed by atoms with Crippen LogP contribution in [0.5, 0.6) is 0 Å². The van der Waals surface area contributed by atoms with Gasteiger partial charge in [0, 0.05) is 43.3 Å². The van der Waals surface area contributed by atoms with Gasteiger partial charge >= 0.3 is 0 Å². The monoisotopic (exact) mass is 370 g/mol. The molecule has 0 aliphatic carbocycles. The number of hydrogen-bond donors (Lipinski definition) is 1. The average Bonchev–Trinajstić information content (AvgIpc) is 2.82. The van der Waals surface area contributed by atoms with Gasteiger partial charge < -0.3 is 14.8 Å². The van der Waals surface area contributed by atoms with Crippen LogP contribution in [0, 0.1) is 13.8 Å². The molecule has 1 aliphatic rings. The summed E-state index contributed by atoms with van der Waals surface area (Å²) >= 11 is 0. The van der Waals surface area contributed by atoms with Crippen LogP contribution in [0.1, 0.15) is 28.7 Å². The summed E-state index contributed by atoms with van der Waals surface area (Å²) < 4.78 is 2.04. The first kappa shape index (κ1) is 20.5. The molecule has 1 fully saturated rings. The SMILES string of the molecule is Cc1cc(C(=O)N2CCNC(C)C2)c(C)n1-c1ccccn1.Cl.Cl. The van der Waals surface area contributed by atoms with Crippen LogP contribution in [0.3, 0.4) is 0 Å². The van der Waals surface area contributed by atoms with Crippen LogP contribution in [0.2, 0.25) is 0 Å². The zero-order valence-corrected chi connectivity index (χ0v) is 15.8. The number of piperazine rings is 1. The molecule has 132 valence electrons. The summed E-state index contributed by atoms with van der Waals surface area (Å²) in [5.74, 6) is 0.967. The minimum Gasteiger partial charge on any atom is -0.336 e. The van der Waals surface area contributed by atoms with Crippen LogP contribution in [0.25, 0.3) is 5.82 Å². The number of hydrogen-bond acceptors (Lipinski definition) is 3. The standard InChI is InChI=1S/C17H22N4O.2ClH/c1-12-11-20(9-8-18-12)17(22)15-10-13(2)21(14(15)3)16-6-4-5-7-19-16;;/h4-7,10,12,18H,8-9,11H2,1-3H3;2*1H. The van der Waals surface area contributed by atoms with Crippen LogP contribution in [-0.4, -0.2) is 46.0 Å². The second kappa shape index (κ2) is 8.51. The second-order valence-corrected chi connectivity index (χ2v) is 5.91. The number of rotatable bonds is 2. The van der Waals surface area contributed by atoms with Crippen molar-refractivity contribution in [1.82, 2.24) is 19.8 Å². The van der Waals surface area contributed by atoms with Gasteiger partial charge in [-0.3, -0.25) is 4.79 Å². The predicted molar refractivity (Wildman–Crippen MR) is 101 cm³/mol. The average molecular weight is 371 g/mol. The van der Waals surface area contributed by atoms with Gasteiger partial charge in [-0.2, -0.15) is 0 Å². The van der Waals surface area contributed by atoms with Gasteiger partial charge in [-0.15, -0.1) is 24.8 Å². The zero-order chi connectivity index (χ0) is 15.7. The Morgan fingerprint density at radius 3 is 2.67 bits per heavy atom. The van der Waals surface area contributed by atoms with Crippen LogP contribution < -0.4 is 5.32 Å². The summed E-state index contributed by atoms with van der Waals surface area (Å²) in [6.07, 6.45) is 1.77. The van der Waals surface area contributed by atoms with Gasteiger partial charge in [-0.05, 0) is 39.0 Å². The largest absolute Gasteiger partial charge is 0.336 e. The van der Waals surface area contributed by atoms with Crippen LogP contribution in [0.15, 0.2) is 30.5 Å². The maximum absolute atomic E-state index is 12.8. The van der Waals surface area contributed by atoms with Crippen molar-refractivity contribution in [2.24, 2.45) is 0 Å². The number of halogens is 2. The van der Waals surface area contributed by atoms with Gasteiger partial charge in [0.1, 0.15) is 5.82 Å². The molecule has 2 aromatic rings. The number of aromatic nitrogens is 2. The van der Waals surface area contributed by atoms with Gasteiger partial charge in [-0.25, -0.2) is 4.98 Å². The number of amides is 1. The van der Waals surface area contributed by atoms with Gasteiger partial charge in [0.15, 0.2) is 0 Å². The van der Waals surface area contributed by atoms with Crippen molar-refractivity contribution in [3.05, 3.63) is 47.4 Å². The molecule has 2 aromatic heterocycles. The van der Waals surface area contributed by atoms with Crippen molar-refractivity contribution in [3.63, 3.8) is 0 Å². The minimum atomic E-state index is 0. The molecule has 1 N–H and O–H groups in total. The van der Waals surface area contributed by atoms with E-state index in [1.807, 2.05) is 47.6 Å². The summed E-state index contributed by atoms with van der Waals surface area (Å²) in [7, 11) is 0. The highest BCUT2D eigenvalue weighted by Gasteiger charge is 2.25. The maximum Gasteiger partial charge on any atom is 0.255 e. The highest BCUT2D eigenvalue weighted by molar-refractivity contribution is 5.96. The zero-order valence-electron chi connectivity index (χ0n) is 14.2. The molecule has 3 heterocycles. The molecule has 1 unspecified atom stereocenters. The molecular weight excluding hydrogens is 347 g/mol. The Balaban J connectivity index is 0.00000144. The molecule has 1 atom stereocenters. The van der Waals surface area contributed by atoms with Gasteiger partial charge in [0.05, 0.1) is 5.56 Å². The lowest BCUT2D eigenvalue weighted by molar-refractivity contribution is 0.0708. The molecule has 5 nitrogen and oxygen atoms in total. The smallest absolute Gasteiger partial charge is 0.255 e. The minimum absolute atomic E-state index is 0. The van der Waals surface area contributed by atoms with E-state index in [2.05, 4.69) is 17.2 Å². The highest BCUT2D eigenvalue weighted by Crippen LogP contribution is 2.21. The number of nitrogens with one attached hydrogen (secondary N) is 1. The van der Waals surface area contributed by atoms with Crippen LogP contribution >= 0.6 is 24.8 Å². The first-order chi connectivity index (χ1) is 10.6. The lowest BCUT2D eigenvalue weighted by atomic mass is 10.1. The Morgan fingerprint density at radius 2 is 2.04 bits per heavy atom. The van der Waals surface area contributed by atoms with Crippen molar-refractivity contribution < 1.29 is 4.79 Å². The summed E-state index contributed by atoms with van der Waals surface area (Å²) in [6.45, 7) is 8.48. The third kappa shape index (κ3) is 3.91. The molecule has 0 bridgehead atoms. The van der Waals surface area contributed by atoms with E-state index in [4.69, 9.17) is 0 Å². The molecule has 7 heteroatoms. The molecule has 0 radical (unpaired) electrons. The fraction of sp³-hybridized carbons (Fsp3) is 0.412.